The van der Waals surface area contributed by atoms with Crippen molar-refractivity contribution < 1.29 is 14.3 Å². The van der Waals surface area contributed by atoms with Gasteiger partial charge in [0, 0.05) is 28.9 Å². The lowest BCUT2D eigenvalue weighted by Crippen LogP contribution is -2.37. The van der Waals surface area contributed by atoms with Gasteiger partial charge in [0.05, 0.1) is 29.4 Å². The summed E-state index contributed by atoms with van der Waals surface area (Å²) in [5.74, 6) is -0.872. The van der Waals surface area contributed by atoms with Gasteiger partial charge in [0.15, 0.2) is 11.8 Å². The molecule has 8 nitrogen and oxygen atoms in total. The SMILES string of the molecule is CC(OC(=O)c1cc(-c2cccnc2)nc2c1cnn2Cc1cccs1)C(=O)NC1CC1. The Hall–Kier alpha value is -3.59. The van der Waals surface area contributed by atoms with Crippen LogP contribution in [-0.2, 0) is 16.1 Å². The lowest BCUT2D eigenvalue weighted by atomic mass is 10.1. The Morgan fingerprint density at radius 3 is 2.88 bits per heavy atom. The van der Waals surface area contributed by atoms with E-state index in [1.165, 1.54) is 0 Å². The number of hydrogen-bond donors (Lipinski definition) is 1. The van der Waals surface area contributed by atoms with Crippen molar-refractivity contribution in [2.75, 3.05) is 0 Å². The van der Waals surface area contributed by atoms with E-state index in [0.29, 0.717) is 28.8 Å². The third-order valence-electron chi connectivity index (χ3n) is 5.25. The summed E-state index contributed by atoms with van der Waals surface area (Å²) in [5, 5.41) is 9.91. The van der Waals surface area contributed by atoms with E-state index >= 15 is 0 Å². The summed E-state index contributed by atoms with van der Waals surface area (Å²) in [5.41, 5.74) is 2.24. The Morgan fingerprint density at radius 2 is 2.16 bits per heavy atom. The fraction of sp³-hybridized carbons (Fsp3) is 0.261. The number of amides is 1. The molecule has 1 saturated carbocycles. The van der Waals surface area contributed by atoms with E-state index in [2.05, 4.69) is 15.4 Å². The average Bonchev–Trinajstić information content (AvgIpc) is 3.30. The van der Waals surface area contributed by atoms with Crippen LogP contribution >= 0.6 is 11.3 Å². The van der Waals surface area contributed by atoms with Gasteiger partial charge in [-0.15, -0.1) is 11.3 Å². The van der Waals surface area contributed by atoms with Crippen molar-refractivity contribution in [2.24, 2.45) is 0 Å². The van der Waals surface area contributed by atoms with E-state index in [-0.39, 0.29) is 11.9 Å². The molecule has 1 aliphatic carbocycles. The van der Waals surface area contributed by atoms with E-state index in [1.807, 2.05) is 29.6 Å². The number of carbonyl (C=O) groups is 2. The van der Waals surface area contributed by atoms with E-state index in [9.17, 15) is 9.59 Å². The zero-order valence-corrected chi connectivity index (χ0v) is 18.2. The molecule has 1 aliphatic rings. The molecule has 0 radical (unpaired) electrons. The van der Waals surface area contributed by atoms with Crippen molar-refractivity contribution in [1.82, 2.24) is 25.1 Å². The second-order valence-corrected chi connectivity index (χ2v) is 8.78. The van der Waals surface area contributed by atoms with Gasteiger partial charge in [-0.1, -0.05) is 6.07 Å². The number of thiophene rings is 1. The molecular formula is C23H21N5O3S. The fourth-order valence-corrected chi connectivity index (χ4v) is 4.05. The normalized spacial score (nSPS) is 14.3. The van der Waals surface area contributed by atoms with E-state index in [4.69, 9.17) is 9.72 Å². The number of pyridine rings is 2. The topological polar surface area (TPSA) is 99.0 Å². The molecule has 0 saturated heterocycles. The number of fused-ring (bicyclic) bond motifs is 1. The summed E-state index contributed by atoms with van der Waals surface area (Å²) >= 11 is 1.63. The van der Waals surface area contributed by atoms with Crippen LogP contribution in [0.3, 0.4) is 0 Å². The molecule has 4 aromatic heterocycles. The van der Waals surface area contributed by atoms with Gasteiger partial charge in [-0.2, -0.15) is 5.10 Å². The van der Waals surface area contributed by atoms with Gasteiger partial charge in [0.1, 0.15) is 0 Å². The lowest BCUT2D eigenvalue weighted by Gasteiger charge is -2.14. The summed E-state index contributed by atoms with van der Waals surface area (Å²) in [7, 11) is 0. The van der Waals surface area contributed by atoms with Crippen LogP contribution in [0.4, 0.5) is 0 Å². The molecule has 0 bridgehead atoms. The van der Waals surface area contributed by atoms with Crippen LogP contribution in [0.25, 0.3) is 22.3 Å². The van der Waals surface area contributed by atoms with Crippen molar-refractivity contribution in [3.8, 4) is 11.3 Å². The predicted molar refractivity (Wildman–Crippen MR) is 120 cm³/mol. The van der Waals surface area contributed by atoms with Gasteiger partial charge in [-0.05, 0) is 49.4 Å². The molecule has 1 unspecified atom stereocenters. The van der Waals surface area contributed by atoms with Gasteiger partial charge < -0.3 is 10.1 Å². The monoisotopic (exact) mass is 447 g/mol. The molecule has 4 aromatic rings. The molecule has 9 heteroatoms. The third kappa shape index (κ3) is 4.24. The van der Waals surface area contributed by atoms with Crippen LogP contribution in [0, 0.1) is 0 Å². The maximum atomic E-state index is 13.1. The molecule has 162 valence electrons. The maximum absolute atomic E-state index is 13.1. The van der Waals surface area contributed by atoms with Crippen LogP contribution in [0.5, 0.6) is 0 Å². The quantitative estimate of drug-likeness (QED) is 0.436. The first-order valence-electron chi connectivity index (χ1n) is 10.4. The minimum atomic E-state index is -0.894. The molecule has 0 spiro atoms. The lowest BCUT2D eigenvalue weighted by molar-refractivity contribution is -0.129. The molecule has 1 atom stereocenters. The number of esters is 1. The van der Waals surface area contributed by atoms with Crippen LogP contribution in [0.1, 0.15) is 35.0 Å². The average molecular weight is 448 g/mol. The van der Waals surface area contributed by atoms with Crippen molar-refractivity contribution in [3.63, 3.8) is 0 Å². The standard InChI is InChI=1S/C23H21N5O3S/c1-14(22(29)26-16-6-7-16)31-23(30)18-10-20(15-4-2-8-24-11-15)27-21-19(18)12-25-28(21)13-17-5-3-9-32-17/h2-5,8-12,14,16H,6-7,13H2,1H3,(H,26,29). The highest BCUT2D eigenvalue weighted by Crippen LogP contribution is 2.26. The molecule has 1 amide bonds. The number of nitrogens with one attached hydrogen (secondary N) is 1. The third-order valence-corrected chi connectivity index (χ3v) is 6.11. The number of nitrogens with zero attached hydrogens (tertiary/aromatic N) is 4. The molecule has 1 fully saturated rings. The molecule has 0 aromatic carbocycles. The molecule has 4 heterocycles. The van der Waals surface area contributed by atoms with Crippen molar-refractivity contribution in [2.45, 2.75) is 38.5 Å². The molecule has 0 aliphatic heterocycles. The highest BCUT2D eigenvalue weighted by molar-refractivity contribution is 7.09. The van der Waals surface area contributed by atoms with Gasteiger partial charge >= 0.3 is 5.97 Å². The minimum absolute atomic E-state index is 0.198. The maximum Gasteiger partial charge on any atom is 0.339 e. The molecule has 32 heavy (non-hydrogen) atoms. The number of carbonyl (C=O) groups excluding carboxylic acids is 2. The summed E-state index contributed by atoms with van der Waals surface area (Å²) < 4.78 is 7.28. The predicted octanol–water partition coefficient (Wildman–Crippen LogP) is 3.43. The number of aromatic nitrogens is 4. The number of ether oxygens (including phenoxy) is 1. The fourth-order valence-electron chi connectivity index (χ4n) is 3.37. The first-order valence-corrected chi connectivity index (χ1v) is 11.3. The van der Waals surface area contributed by atoms with Crippen molar-refractivity contribution in [1.29, 1.82) is 0 Å². The van der Waals surface area contributed by atoms with E-state index in [0.717, 1.165) is 23.3 Å². The van der Waals surface area contributed by atoms with Gasteiger partial charge in [-0.25, -0.2) is 14.5 Å². The summed E-state index contributed by atoms with van der Waals surface area (Å²) in [6.07, 6.45) is 6.03. The highest BCUT2D eigenvalue weighted by atomic mass is 32.1. The highest BCUT2D eigenvalue weighted by Gasteiger charge is 2.28. The van der Waals surface area contributed by atoms with Crippen LogP contribution < -0.4 is 5.32 Å². The number of rotatable bonds is 7. The first-order chi connectivity index (χ1) is 15.6. The van der Waals surface area contributed by atoms with E-state index < -0.39 is 12.1 Å². The number of hydrogen-bond acceptors (Lipinski definition) is 7. The van der Waals surface area contributed by atoms with Crippen molar-refractivity contribution in [3.05, 3.63) is 64.7 Å². The van der Waals surface area contributed by atoms with Crippen LogP contribution in [0.15, 0.2) is 54.3 Å². The summed E-state index contributed by atoms with van der Waals surface area (Å²) in [4.78, 5) is 35.4. The zero-order chi connectivity index (χ0) is 22.1. The van der Waals surface area contributed by atoms with Gasteiger partial charge in [0.25, 0.3) is 5.91 Å². The minimum Gasteiger partial charge on any atom is -0.449 e. The van der Waals surface area contributed by atoms with Crippen LogP contribution in [0.2, 0.25) is 0 Å². The zero-order valence-electron chi connectivity index (χ0n) is 17.4. The Bertz CT molecular complexity index is 1270. The van der Waals surface area contributed by atoms with Crippen molar-refractivity contribution >= 4 is 34.2 Å². The summed E-state index contributed by atoms with van der Waals surface area (Å²) in [6.45, 7) is 2.12. The second-order valence-electron chi connectivity index (χ2n) is 7.75. The second kappa shape index (κ2) is 8.51. The Balaban J connectivity index is 1.52. The van der Waals surface area contributed by atoms with E-state index in [1.54, 1.807) is 47.6 Å². The van der Waals surface area contributed by atoms with Gasteiger partial charge in [0.2, 0.25) is 0 Å². The largest absolute Gasteiger partial charge is 0.449 e. The Labute approximate surface area is 188 Å². The molecular weight excluding hydrogens is 426 g/mol. The molecule has 5 rings (SSSR count). The summed E-state index contributed by atoms with van der Waals surface area (Å²) in [6, 6.07) is 9.57. The Morgan fingerprint density at radius 1 is 1.28 bits per heavy atom. The molecule has 1 N–H and O–H groups in total. The Kier molecular flexibility index (Phi) is 5.40. The van der Waals surface area contributed by atoms with Crippen LogP contribution in [-0.4, -0.2) is 43.8 Å². The smallest absolute Gasteiger partial charge is 0.339 e. The first kappa shape index (κ1) is 20.3. The van der Waals surface area contributed by atoms with Gasteiger partial charge in [-0.3, -0.25) is 9.78 Å².